The number of ether oxygens (including phenoxy) is 2. The number of carbonyl (C=O) groups excluding carboxylic acids is 1. The van der Waals surface area contributed by atoms with E-state index in [0.717, 1.165) is 5.56 Å². The second kappa shape index (κ2) is 5.10. The standard InChI is InChI=1S/C12H11ClN2O3/c1-17-7-3-4-8(9(13)5-7)10-6-14-11(15-10)12(16)18-2/h3-6H,1-2H3,(H,14,15). The van der Waals surface area contributed by atoms with Crippen molar-refractivity contribution in [1.29, 1.82) is 0 Å². The van der Waals surface area contributed by atoms with Crippen LogP contribution in [0.25, 0.3) is 11.3 Å². The predicted octanol–water partition coefficient (Wildman–Crippen LogP) is 2.53. The number of benzene rings is 1. The molecular formula is C12H11ClN2O3. The van der Waals surface area contributed by atoms with Crippen LogP contribution >= 0.6 is 11.6 Å². The Hall–Kier alpha value is -2.01. The Balaban J connectivity index is 2.37. The van der Waals surface area contributed by atoms with Gasteiger partial charge in [0.05, 0.1) is 31.1 Å². The van der Waals surface area contributed by atoms with Crippen molar-refractivity contribution >= 4 is 17.6 Å². The van der Waals surface area contributed by atoms with Crippen molar-refractivity contribution < 1.29 is 14.3 Å². The number of carbonyl (C=O) groups is 1. The summed E-state index contributed by atoms with van der Waals surface area (Å²) >= 11 is 6.12. The molecule has 0 bridgehead atoms. The molecule has 1 heterocycles. The van der Waals surface area contributed by atoms with E-state index < -0.39 is 5.97 Å². The van der Waals surface area contributed by atoms with Gasteiger partial charge in [-0.05, 0) is 18.2 Å². The molecule has 94 valence electrons. The van der Waals surface area contributed by atoms with Crippen LogP contribution in [0.5, 0.6) is 5.75 Å². The Morgan fingerprint density at radius 2 is 2.17 bits per heavy atom. The lowest BCUT2D eigenvalue weighted by molar-refractivity contribution is 0.0588. The van der Waals surface area contributed by atoms with Crippen LogP contribution in [0.2, 0.25) is 5.02 Å². The Labute approximate surface area is 109 Å². The number of esters is 1. The zero-order chi connectivity index (χ0) is 13.1. The monoisotopic (exact) mass is 266 g/mol. The van der Waals surface area contributed by atoms with Crippen molar-refractivity contribution in [2.75, 3.05) is 14.2 Å². The molecule has 2 rings (SSSR count). The van der Waals surface area contributed by atoms with Gasteiger partial charge in [-0.3, -0.25) is 0 Å². The van der Waals surface area contributed by atoms with Crippen molar-refractivity contribution in [3.63, 3.8) is 0 Å². The minimum atomic E-state index is -0.522. The molecule has 0 atom stereocenters. The minimum Gasteiger partial charge on any atom is -0.497 e. The summed E-state index contributed by atoms with van der Waals surface area (Å²) in [5.74, 6) is 0.279. The summed E-state index contributed by atoms with van der Waals surface area (Å²) in [5.41, 5.74) is 1.38. The fourth-order valence-electron chi connectivity index (χ4n) is 1.50. The van der Waals surface area contributed by atoms with Gasteiger partial charge in [-0.25, -0.2) is 9.78 Å². The molecule has 0 fully saturated rings. The third-order valence-corrected chi connectivity index (χ3v) is 2.73. The fraction of sp³-hybridized carbons (Fsp3) is 0.167. The first-order valence-electron chi connectivity index (χ1n) is 5.13. The summed E-state index contributed by atoms with van der Waals surface area (Å²) in [7, 11) is 2.86. The maximum absolute atomic E-state index is 11.3. The van der Waals surface area contributed by atoms with E-state index in [1.54, 1.807) is 25.3 Å². The van der Waals surface area contributed by atoms with Crippen LogP contribution in [0, 0.1) is 0 Å². The van der Waals surface area contributed by atoms with E-state index in [-0.39, 0.29) is 5.82 Å². The molecule has 1 aromatic carbocycles. The number of methoxy groups -OCH3 is 2. The van der Waals surface area contributed by atoms with Crippen molar-refractivity contribution in [3.8, 4) is 17.0 Å². The predicted molar refractivity (Wildman–Crippen MR) is 66.9 cm³/mol. The Bertz CT molecular complexity index is 580. The molecule has 0 aliphatic rings. The molecule has 0 amide bonds. The SMILES string of the molecule is COC(=O)c1ncc(-c2ccc(OC)cc2Cl)[nH]1. The van der Waals surface area contributed by atoms with Gasteiger partial charge in [0.2, 0.25) is 5.82 Å². The molecule has 1 aromatic heterocycles. The number of rotatable bonds is 3. The van der Waals surface area contributed by atoms with Gasteiger partial charge in [0.15, 0.2) is 0 Å². The van der Waals surface area contributed by atoms with E-state index in [9.17, 15) is 4.79 Å². The summed E-state index contributed by atoms with van der Waals surface area (Å²) in [6.45, 7) is 0. The van der Waals surface area contributed by atoms with Gasteiger partial charge in [0.1, 0.15) is 5.75 Å². The summed E-state index contributed by atoms with van der Waals surface area (Å²) in [6.07, 6.45) is 1.53. The Morgan fingerprint density at radius 1 is 1.39 bits per heavy atom. The maximum atomic E-state index is 11.3. The topological polar surface area (TPSA) is 64.2 Å². The van der Waals surface area contributed by atoms with Gasteiger partial charge in [0.25, 0.3) is 0 Å². The quantitative estimate of drug-likeness (QED) is 0.867. The van der Waals surface area contributed by atoms with Crippen LogP contribution in [0.3, 0.4) is 0 Å². The van der Waals surface area contributed by atoms with Crippen LogP contribution < -0.4 is 4.74 Å². The highest BCUT2D eigenvalue weighted by Gasteiger charge is 2.13. The van der Waals surface area contributed by atoms with Gasteiger partial charge in [-0.2, -0.15) is 0 Å². The molecule has 18 heavy (non-hydrogen) atoms. The van der Waals surface area contributed by atoms with E-state index >= 15 is 0 Å². The van der Waals surface area contributed by atoms with Crippen molar-refractivity contribution in [1.82, 2.24) is 9.97 Å². The third kappa shape index (κ3) is 2.31. The molecular weight excluding hydrogens is 256 g/mol. The lowest BCUT2D eigenvalue weighted by atomic mass is 10.1. The average Bonchev–Trinajstić information content (AvgIpc) is 2.87. The number of nitrogens with zero attached hydrogens (tertiary/aromatic N) is 1. The highest BCUT2D eigenvalue weighted by Crippen LogP contribution is 2.29. The van der Waals surface area contributed by atoms with E-state index in [2.05, 4.69) is 14.7 Å². The summed E-state index contributed by atoms with van der Waals surface area (Å²) in [5, 5.41) is 0.509. The number of hydrogen-bond acceptors (Lipinski definition) is 4. The van der Waals surface area contributed by atoms with Crippen LogP contribution in [-0.2, 0) is 4.74 Å². The van der Waals surface area contributed by atoms with Crippen LogP contribution in [-0.4, -0.2) is 30.2 Å². The molecule has 0 radical (unpaired) electrons. The normalized spacial score (nSPS) is 10.2. The highest BCUT2D eigenvalue weighted by molar-refractivity contribution is 6.33. The van der Waals surface area contributed by atoms with Gasteiger partial charge in [0, 0.05) is 5.56 Å². The number of nitrogens with one attached hydrogen (secondary N) is 1. The zero-order valence-corrected chi connectivity index (χ0v) is 10.6. The molecule has 6 heteroatoms. The number of H-pyrrole nitrogens is 1. The second-order valence-corrected chi connectivity index (χ2v) is 3.89. The van der Waals surface area contributed by atoms with Gasteiger partial charge in [-0.1, -0.05) is 11.6 Å². The van der Waals surface area contributed by atoms with E-state index in [1.807, 2.05) is 0 Å². The van der Waals surface area contributed by atoms with E-state index in [4.69, 9.17) is 16.3 Å². The number of imidazole rings is 1. The Kier molecular flexibility index (Phi) is 3.53. The number of hydrogen-bond donors (Lipinski definition) is 1. The molecule has 0 saturated carbocycles. The van der Waals surface area contributed by atoms with Crippen molar-refractivity contribution in [2.45, 2.75) is 0 Å². The third-order valence-electron chi connectivity index (χ3n) is 2.42. The average molecular weight is 267 g/mol. The molecule has 5 nitrogen and oxygen atoms in total. The molecule has 0 unspecified atom stereocenters. The van der Waals surface area contributed by atoms with Gasteiger partial charge < -0.3 is 14.5 Å². The van der Waals surface area contributed by atoms with Gasteiger partial charge in [-0.15, -0.1) is 0 Å². The number of halogens is 1. The van der Waals surface area contributed by atoms with Crippen LogP contribution in [0.15, 0.2) is 24.4 Å². The van der Waals surface area contributed by atoms with E-state index in [0.29, 0.717) is 16.5 Å². The van der Waals surface area contributed by atoms with Crippen LogP contribution in [0.4, 0.5) is 0 Å². The van der Waals surface area contributed by atoms with Crippen molar-refractivity contribution in [3.05, 3.63) is 35.2 Å². The van der Waals surface area contributed by atoms with Crippen molar-refractivity contribution in [2.24, 2.45) is 0 Å². The van der Waals surface area contributed by atoms with E-state index in [1.165, 1.54) is 13.3 Å². The molecule has 0 aliphatic carbocycles. The molecule has 0 saturated heterocycles. The highest BCUT2D eigenvalue weighted by atomic mass is 35.5. The van der Waals surface area contributed by atoms with Gasteiger partial charge >= 0.3 is 5.97 Å². The second-order valence-electron chi connectivity index (χ2n) is 3.48. The number of aromatic amines is 1. The lowest BCUT2D eigenvalue weighted by Crippen LogP contribution is -2.03. The maximum Gasteiger partial charge on any atom is 0.374 e. The first kappa shape index (κ1) is 12.4. The molecule has 1 N–H and O–H groups in total. The largest absolute Gasteiger partial charge is 0.497 e. The first-order chi connectivity index (χ1) is 8.65. The smallest absolute Gasteiger partial charge is 0.374 e. The first-order valence-corrected chi connectivity index (χ1v) is 5.50. The number of aromatic nitrogens is 2. The molecule has 2 aromatic rings. The summed E-state index contributed by atoms with van der Waals surface area (Å²) in [4.78, 5) is 18.0. The lowest BCUT2D eigenvalue weighted by Gasteiger charge is -2.04. The Morgan fingerprint density at radius 3 is 2.78 bits per heavy atom. The summed E-state index contributed by atoms with van der Waals surface area (Å²) < 4.78 is 9.63. The summed E-state index contributed by atoms with van der Waals surface area (Å²) in [6, 6.07) is 5.26. The van der Waals surface area contributed by atoms with Crippen LogP contribution in [0.1, 0.15) is 10.6 Å². The molecule has 0 aliphatic heterocycles. The molecule has 0 spiro atoms. The fourth-order valence-corrected chi connectivity index (χ4v) is 1.77. The zero-order valence-electron chi connectivity index (χ0n) is 9.86. The minimum absolute atomic E-state index is 0.138.